The molecule has 4 heteroatoms. The second kappa shape index (κ2) is 3.99. The van der Waals surface area contributed by atoms with Crippen molar-refractivity contribution in [2.45, 2.75) is 6.42 Å². The fraction of sp³-hybridized carbons (Fsp3) is 0.182. The van der Waals surface area contributed by atoms with Crippen LogP contribution >= 0.6 is 27.5 Å². The number of esters is 1. The van der Waals surface area contributed by atoms with E-state index in [4.69, 9.17) is 11.6 Å². The van der Waals surface area contributed by atoms with E-state index < -0.39 is 0 Å². The number of methoxy groups -OCH3 is 1. The molecule has 2 rings (SSSR count). The highest BCUT2D eigenvalue weighted by molar-refractivity contribution is 9.10. The molecule has 0 bridgehead atoms. The molecule has 15 heavy (non-hydrogen) atoms. The fourth-order valence-electron chi connectivity index (χ4n) is 1.61. The number of rotatable bonds is 1. The summed E-state index contributed by atoms with van der Waals surface area (Å²) in [6.07, 6.45) is 2.43. The van der Waals surface area contributed by atoms with Gasteiger partial charge >= 0.3 is 5.97 Å². The van der Waals surface area contributed by atoms with Gasteiger partial charge in [-0.15, -0.1) is 0 Å². The van der Waals surface area contributed by atoms with Gasteiger partial charge in [-0.25, -0.2) is 4.79 Å². The van der Waals surface area contributed by atoms with E-state index in [1.807, 2.05) is 18.2 Å². The minimum absolute atomic E-state index is 0.283. The van der Waals surface area contributed by atoms with Crippen LogP contribution in [0.2, 0.25) is 5.02 Å². The predicted octanol–water partition coefficient (Wildman–Crippen LogP) is 3.22. The number of carbonyl (C=O) groups is 1. The second-order valence-corrected chi connectivity index (χ2v) is 4.47. The Kier molecular flexibility index (Phi) is 2.85. The number of carbonyl (C=O) groups excluding carboxylic acids is 1. The van der Waals surface area contributed by atoms with Gasteiger partial charge in [0.15, 0.2) is 0 Å². The van der Waals surface area contributed by atoms with Crippen LogP contribution in [0.3, 0.4) is 0 Å². The normalized spacial score (nSPS) is 13.4. The third-order valence-electron chi connectivity index (χ3n) is 2.37. The maximum absolute atomic E-state index is 11.3. The first kappa shape index (κ1) is 10.7. The molecule has 0 amide bonds. The summed E-state index contributed by atoms with van der Waals surface area (Å²) in [6.45, 7) is 0. The molecule has 0 unspecified atom stereocenters. The first-order valence-electron chi connectivity index (χ1n) is 4.39. The van der Waals surface area contributed by atoms with Gasteiger partial charge in [0.2, 0.25) is 0 Å². The molecule has 0 aromatic heterocycles. The highest BCUT2D eigenvalue weighted by atomic mass is 79.9. The van der Waals surface area contributed by atoms with E-state index in [2.05, 4.69) is 20.7 Å². The number of benzene rings is 1. The van der Waals surface area contributed by atoms with Crippen molar-refractivity contribution >= 4 is 39.6 Å². The van der Waals surface area contributed by atoms with Gasteiger partial charge in [-0.3, -0.25) is 0 Å². The molecule has 1 aliphatic carbocycles. The van der Waals surface area contributed by atoms with Crippen molar-refractivity contribution in [3.05, 3.63) is 38.3 Å². The van der Waals surface area contributed by atoms with Crippen LogP contribution in [0.25, 0.3) is 6.08 Å². The lowest BCUT2D eigenvalue weighted by Gasteiger charge is -2.02. The summed E-state index contributed by atoms with van der Waals surface area (Å²) in [5, 5.41) is 0.649. The molecule has 0 heterocycles. The quantitative estimate of drug-likeness (QED) is 0.741. The van der Waals surface area contributed by atoms with Crippen LogP contribution in [0, 0.1) is 0 Å². The molecule has 0 aliphatic heterocycles. The van der Waals surface area contributed by atoms with Crippen LogP contribution in [0.4, 0.5) is 0 Å². The minimum Gasteiger partial charge on any atom is -0.466 e. The average molecular weight is 288 g/mol. The third-order valence-corrected chi connectivity index (χ3v) is 3.77. The highest BCUT2D eigenvalue weighted by Crippen LogP contribution is 2.35. The Morgan fingerprint density at radius 1 is 1.53 bits per heavy atom. The van der Waals surface area contributed by atoms with Crippen molar-refractivity contribution in [3.8, 4) is 0 Å². The van der Waals surface area contributed by atoms with E-state index in [1.54, 1.807) is 0 Å². The number of ether oxygens (including phenoxy) is 1. The topological polar surface area (TPSA) is 26.3 Å². The molecular weight excluding hydrogens is 279 g/mol. The third kappa shape index (κ3) is 1.82. The van der Waals surface area contributed by atoms with E-state index in [0.29, 0.717) is 17.0 Å². The van der Waals surface area contributed by atoms with Crippen molar-refractivity contribution in [2.75, 3.05) is 7.11 Å². The van der Waals surface area contributed by atoms with E-state index in [0.717, 1.165) is 15.6 Å². The maximum atomic E-state index is 11.3. The molecule has 1 aromatic carbocycles. The zero-order valence-electron chi connectivity index (χ0n) is 8.01. The molecule has 2 nitrogen and oxygen atoms in total. The lowest BCUT2D eigenvalue weighted by molar-refractivity contribution is -0.136. The monoisotopic (exact) mass is 286 g/mol. The van der Waals surface area contributed by atoms with E-state index in [-0.39, 0.29) is 5.97 Å². The zero-order valence-corrected chi connectivity index (χ0v) is 10.4. The maximum Gasteiger partial charge on any atom is 0.334 e. The Morgan fingerprint density at radius 3 is 2.93 bits per heavy atom. The number of hydrogen-bond donors (Lipinski definition) is 0. The van der Waals surface area contributed by atoms with Crippen LogP contribution in [0.1, 0.15) is 11.1 Å². The van der Waals surface area contributed by atoms with Gasteiger partial charge in [-0.1, -0.05) is 17.7 Å². The van der Waals surface area contributed by atoms with Crippen LogP contribution in [-0.4, -0.2) is 13.1 Å². The van der Waals surface area contributed by atoms with Crippen molar-refractivity contribution in [2.24, 2.45) is 0 Å². The highest BCUT2D eigenvalue weighted by Gasteiger charge is 2.21. The standard InChI is InChI=1S/C11H8BrClO2/c1-15-11(14)7-4-6-2-3-9(13)10(12)8(6)5-7/h2-3,5H,4H2,1H3. The Labute approximate surface area is 101 Å². The first-order chi connectivity index (χ1) is 7.13. The molecule has 1 aliphatic rings. The summed E-state index contributed by atoms with van der Waals surface area (Å²) in [4.78, 5) is 11.3. The Balaban J connectivity index is 2.44. The smallest absolute Gasteiger partial charge is 0.334 e. The SMILES string of the molecule is COC(=O)C1=Cc2c(ccc(Cl)c2Br)C1. The summed E-state index contributed by atoms with van der Waals surface area (Å²) in [5.41, 5.74) is 2.73. The molecular formula is C11H8BrClO2. The summed E-state index contributed by atoms with van der Waals surface area (Å²) < 4.78 is 5.51. The number of halogens is 2. The summed E-state index contributed by atoms with van der Waals surface area (Å²) in [5.74, 6) is -0.283. The van der Waals surface area contributed by atoms with Gasteiger partial charge in [0.25, 0.3) is 0 Å². The van der Waals surface area contributed by atoms with Gasteiger partial charge < -0.3 is 4.74 Å². The average Bonchev–Trinajstić information content (AvgIpc) is 2.67. The Hall–Kier alpha value is -0.800. The summed E-state index contributed by atoms with van der Waals surface area (Å²) in [6, 6.07) is 3.74. The van der Waals surface area contributed by atoms with Gasteiger partial charge in [0.1, 0.15) is 0 Å². The molecule has 0 atom stereocenters. The molecule has 0 saturated heterocycles. The van der Waals surface area contributed by atoms with E-state index in [9.17, 15) is 4.79 Å². The molecule has 78 valence electrons. The van der Waals surface area contributed by atoms with E-state index in [1.165, 1.54) is 7.11 Å². The van der Waals surface area contributed by atoms with Gasteiger partial charge in [-0.2, -0.15) is 0 Å². The Morgan fingerprint density at radius 2 is 2.27 bits per heavy atom. The molecule has 1 aromatic rings. The number of hydrogen-bond acceptors (Lipinski definition) is 2. The van der Waals surface area contributed by atoms with E-state index >= 15 is 0 Å². The molecule has 0 spiro atoms. The Bertz CT molecular complexity index is 466. The molecule has 0 N–H and O–H groups in total. The van der Waals surface area contributed by atoms with Crippen molar-refractivity contribution in [1.29, 1.82) is 0 Å². The molecule has 0 fully saturated rings. The summed E-state index contributed by atoms with van der Waals surface area (Å²) in [7, 11) is 1.38. The zero-order chi connectivity index (χ0) is 11.0. The van der Waals surface area contributed by atoms with Crippen LogP contribution in [0.5, 0.6) is 0 Å². The lowest BCUT2D eigenvalue weighted by Crippen LogP contribution is -2.03. The van der Waals surface area contributed by atoms with Crippen LogP contribution in [0.15, 0.2) is 22.2 Å². The minimum atomic E-state index is -0.283. The fourth-order valence-corrected chi connectivity index (χ4v) is 2.28. The van der Waals surface area contributed by atoms with Crippen molar-refractivity contribution in [1.82, 2.24) is 0 Å². The van der Waals surface area contributed by atoms with Gasteiger partial charge in [0, 0.05) is 16.5 Å². The lowest BCUT2D eigenvalue weighted by atomic mass is 10.1. The van der Waals surface area contributed by atoms with Gasteiger partial charge in [-0.05, 0) is 39.2 Å². The van der Waals surface area contributed by atoms with Crippen LogP contribution < -0.4 is 0 Å². The first-order valence-corrected chi connectivity index (χ1v) is 5.56. The second-order valence-electron chi connectivity index (χ2n) is 3.27. The van der Waals surface area contributed by atoms with Gasteiger partial charge in [0.05, 0.1) is 12.1 Å². The largest absolute Gasteiger partial charge is 0.466 e. The van der Waals surface area contributed by atoms with Crippen molar-refractivity contribution in [3.63, 3.8) is 0 Å². The molecule has 0 radical (unpaired) electrons. The van der Waals surface area contributed by atoms with Crippen molar-refractivity contribution < 1.29 is 9.53 Å². The predicted molar refractivity (Wildman–Crippen MR) is 62.8 cm³/mol. The molecule has 0 saturated carbocycles. The summed E-state index contributed by atoms with van der Waals surface area (Å²) >= 11 is 9.36. The van der Waals surface area contributed by atoms with Crippen LogP contribution in [-0.2, 0) is 16.0 Å². The number of fused-ring (bicyclic) bond motifs is 1.